The summed E-state index contributed by atoms with van der Waals surface area (Å²) < 4.78 is 5.46. The van der Waals surface area contributed by atoms with Gasteiger partial charge >= 0.3 is 0 Å². The highest BCUT2D eigenvalue weighted by Crippen LogP contribution is 2.40. The Labute approximate surface area is 174 Å². The quantitative estimate of drug-likeness (QED) is 0.418. The lowest BCUT2D eigenvalue weighted by Gasteiger charge is -2.19. The van der Waals surface area contributed by atoms with Gasteiger partial charge in [0.1, 0.15) is 11.7 Å². The minimum Gasteiger partial charge on any atom is -0.496 e. The summed E-state index contributed by atoms with van der Waals surface area (Å²) in [5.41, 5.74) is 3.35. The topological polar surface area (TPSA) is 81.0 Å². The fourth-order valence-corrected chi connectivity index (χ4v) is 3.03. The van der Waals surface area contributed by atoms with Gasteiger partial charge in [0.05, 0.1) is 18.2 Å². The van der Waals surface area contributed by atoms with Crippen molar-refractivity contribution in [3.8, 4) is 5.75 Å². The Morgan fingerprint density at radius 2 is 1.86 bits per heavy atom. The standard InChI is InChI=1S/C18H23N3O3.C5H12/c1-5-8-12(2)18(21(22)23)17(15-11-19-20-13(15)3)14-9-6-7-10-16(14)24-4;1-4-5(2)3/h6-7,9-11,17H,5,8H2,1-4H3,(H,19,20);5H,4H2,1-3H3/b18-12-;. The third-order valence-corrected chi connectivity index (χ3v) is 4.98. The van der Waals surface area contributed by atoms with E-state index >= 15 is 0 Å². The van der Waals surface area contributed by atoms with Crippen LogP contribution in [0.1, 0.15) is 76.6 Å². The molecule has 29 heavy (non-hydrogen) atoms. The van der Waals surface area contributed by atoms with E-state index in [0.717, 1.165) is 34.7 Å². The SMILES string of the molecule is CCC(C)C.CCC/C(C)=C(/C(c1ccccc1OC)c1cn[nH]c1C)[N+](=O)[O-]. The molecule has 160 valence electrons. The second-order valence-corrected chi connectivity index (χ2v) is 7.60. The monoisotopic (exact) mass is 401 g/mol. The van der Waals surface area contributed by atoms with E-state index < -0.39 is 5.92 Å². The molecule has 0 saturated carbocycles. The molecule has 0 radical (unpaired) electrons. The lowest BCUT2D eigenvalue weighted by molar-refractivity contribution is -0.430. The van der Waals surface area contributed by atoms with Crippen molar-refractivity contribution in [2.75, 3.05) is 7.11 Å². The molecule has 1 N–H and O–H groups in total. The van der Waals surface area contributed by atoms with Gasteiger partial charge in [-0.1, -0.05) is 58.7 Å². The van der Waals surface area contributed by atoms with Gasteiger partial charge in [-0.15, -0.1) is 0 Å². The van der Waals surface area contributed by atoms with Crippen LogP contribution in [0.25, 0.3) is 0 Å². The van der Waals surface area contributed by atoms with Crippen molar-refractivity contribution >= 4 is 0 Å². The molecular formula is C23H35N3O3. The van der Waals surface area contributed by atoms with E-state index in [1.807, 2.05) is 45.0 Å². The number of methoxy groups -OCH3 is 1. The van der Waals surface area contributed by atoms with E-state index in [1.54, 1.807) is 13.3 Å². The number of para-hydroxylation sites is 1. The molecule has 0 bridgehead atoms. The van der Waals surface area contributed by atoms with Gasteiger partial charge in [0.2, 0.25) is 0 Å². The average molecular weight is 402 g/mol. The zero-order chi connectivity index (χ0) is 22.0. The molecule has 0 aliphatic heterocycles. The molecule has 6 nitrogen and oxygen atoms in total. The molecular weight excluding hydrogens is 366 g/mol. The van der Waals surface area contributed by atoms with E-state index in [0.29, 0.717) is 12.2 Å². The third kappa shape index (κ3) is 6.73. The van der Waals surface area contributed by atoms with Gasteiger partial charge in [0.25, 0.3) is 5.70 Å². The summed E-state index contributed by atoms with van der Waals surface area (Å²) >= 11 is 0. The predicted molar refractivity (Wildman–Crippen MR) is 118 cm³/mol. The second kappa shape index (κ2) is 12.0. The first-order valence-corrected chi connectivity index (χ1v) is 10.2. The van der Waals surface area contributed by atoms with Crippen molar-refractivity contribution in [3.63, 3.8) is 0 Å². The smallest absolute Gasteiger partial charge is 0.257 e. The maximum absolute atomic E-state index is 11.9. The van der Waals surface area contributed by atoms with Crippen molar-refractivity contribution in [1.82, 2.24) is 10.2 Å². The second-order valence-electron chi connectivity index (χ2n) is 7.60. The first-order chi connectivity index (χ1) is 13.8. The third-order valence-electron chi connectivity index (χ3n) is 4.98. The number of hydrogen-bond donors (Lipinski definition) is 1. The Morgan fingerprint density at radius 3 is 2.31 bits per heavy atom. The number of nitrogens with zero attached hydrogens (tertiary/aromatic N) is 2. The van der Waals surface area contributed by atoms with Crippen LogP contribution in [0.3, 0.4) is 0 Å². The lowest BCUT2D eigenvalue weighted by Crippen LogP contribution is -2.15. The molecule has 2 rings (SSSR count). The molecule has 1 aromatic heterocycles. The molecule has 1 heterocycles. The Morgan fingerprint density at radius 1 is 1.24 bits per heavy atom. The Bertz CT molecular complexity index is 809. The molecule has 0 amide bonds. The van der Waals surface area contributed by atoms with E-state index in [-0.39, 0.29) is 10.6 Å². The molecule has 1 unspecified atom stereocenters. The number of H-pyrrole nitrogens is 1. The Kier molecular flexibility index (Phi) is 10.1. The number of ether oxygens (including phenoxy) is 1. The van der Waals surface area contributed by atoms with E-state index in [4.69, 9.17) is 4.74 Å². The lowest BCUT2D eigenvalue weighted by atomic mass is 9.85. The molecule has 1 aromatic carbocycles. The first-order valence-electron chi connectivity index (χ1n) is 10.2. The molecule has 2 aromatic rings. The summed E-state index contributed by atoms with van der Waals surface area (Å²) in [6.07, 6.45) is 4.50. The molecule has 6 heteroatoms. The number of rotatable bonds is 8. The average Bonchev–Trinajstić information content (AvgIpc) is 3.11. The van der Waals surface area contributed by atoms with Crippen LogP contribution in [-0.2, 0) is 0 Å². The summed E-state index contributed by atoms with van der Waals surface area (Å²) in [4.78, 5) is 11.6. The number of hydrogen-bond acceptors (Lipinski definition) is 4. The van der Waals surface area contributed by atoms with E-state index in [1.165, 1.54) is 6.42 Å². The van der Waals surface area contributed by atoms with Crippen molar-refractivity contribution in [3.05, 3.63) is 68.7 Å². The van der Waals surface area contributed by atoms with Gasteiger partial charge < -0.3 is 4.74 Å². The number of aromatic nitrogens is 2. The van der Waals surface area contributed by atoms with Gasteiger partial charge in [0, 0.05) is 22.4 Å². The Hall–Kier alpha value is -2.63. The van der Waals surface area contributed by atoms with Gasteiger partial charge in [-0.2, -0.15) is 5.10 Å². The molecule has 0 saturated heterocycles. The van der Waals surface area contributed by atoms with Crippen molar-refractivity contribution in [2.45, 2.75) is 66.7 Å². The summed E-state index contributed by atoms with van der Waals surface area (Å²) in [7, 11) is 1.58. The normalized spacial score (nSPS) is 12.7. The van der Waals surface area contributed by atoms with Crippen LogP contribution in [0.15, 0.2) is 41.7 Å². The summed E-state index contributed by atoms with van der Waals surface area (Å²) in [6, 6.07) is 7.42. The van der Waals surface area contributed by atoms with Gasteiger partial charge in [-0.25, -0.2) is 0 Å². The summed E-state index contributed by atoms with van der Waals surface area (Å²) in [6.45, 7) is 12.4. The van der Waals surface area contributed by atoms with Crippen LogP contribution in [-0.4, -0.2) is 22.2 Å². The maximum Gasteiger partial charge on any atom is 0.257 e. The highest BCUT2D eigenvalue weighted by molar-refractivity contribution is 5.47. The minimum absolute atomic E-state index is 0.200. The first kappa shape index (κ1) is 24.4. The number of benzene rings is 1. The van der Waals surface area contributed by atoms with Crippen LogP contribution >= 0.6 is 0 Å². The highest BCUT2D eigenvalue weighted by Gasteiger charge is 2.34. The fourth-order valence-electron chi connectivity index (χ4n) is 3.03. The van der Waals surface area contributed by atoms with Crippen LogP contribution in [0.2, 0.25) is 0 Å². The van der Waals surface area contributed by atoms with E-state index in [2.05, 4.69) is 31.0 Å². The van der Waals surface area contributed by atoms with Crippen molar-refractivity contribution in [1.29, 1.82) is 0 Å². The number of allylic oxidation sites excluding steroid dienone is 2. The van der Waals surface area contributed by atoms with Crippen molar-refractivity contribution < 1.29 is 9.66 Å². The Balaban J connectivity index is 0.000000749. The van der Waals surface area contributed by atoms with Crippen LogP contribution in [0, 0.1) is 23.0 Å². The zero-order valence-corrected chi connectivity index (χ0v) is 18.8. The molecule has 0 fully saturated rings. The minimum atomic E-state index is -0.526. The van der Waals surface area contributed by atoms with Gasteiger partial charge in [-0.05, 0) is 32.3 Å². The predicted octanol–water partition coefficient (Wildman–Crippen LogP) is 6.26. The zero-order valence-electron chi connectivity index (χ0n) is 18.8. The van der Waals surface area contributed by atoms with Crippen molar-refractivity contribution in [2.24, 2.45) is 5.92 Å². The summed E-state index contributed by atoms with van der Waals surface area (Å²) in [5, 5.41) is 18.9. The largest absolute Gasteiger partial charge is 0.496 e. The van der Waals surface area contributed by atoms with Gasteiger partial charge in [-0.3, -0.25) is 15.2 Å². The summed E-state index contributed by atoms with van der Waals surface area (Å²) in [5.74, 6) is 0.989. The van der Waals surface area contributed by atoms with Crippen LogP contribution in [0.5, 0.6) is 5.75 Å². The number of nitrogens with one attached hydrogen (secondary N) is 1. The van der Waals surface area contributed by atoms with Gasteiger partial charge in [0.15, 0.2) is 0 Å². The molecule has 0 spiro atoms. The maximum atomic E-state index is 11.9. The molecule has 0 aliphatic rings. The number of aryl methyl sites for hydroxylation is 1. The molecule has 0 aliphatic carbocycles. The molecule has 1 atom stereocenters. The van der Waals surface area contributed by atoms with E-state index in [9.17, 15) is 10.1 Å². The van der Waals surface area contributed by atoms with Crippen LogP contribution in [0.4, 0.5) is 0 Å². The number of nitro groups is 1. The fraction of sp³-hybridized carbons (Fsp3) is 0.522. The van der Waals surface area contributed by atoms with Crippen LogP contribution < -0.4 is 4.74 Å². The number of aromatic amines is 1. The highest BCUT2D eigenvalue weighted by atomic mass is 16.6.